The third-order valence-corrected chi connectivity index (χ3v) is 4.99. The second kappa shape index (κ2) is 4.03. The Labute approximate surface area is 117 Å². The Morgan fingerprint density at radius 2 is 2.11 bits per heavy atom. The molecule has 7 heteroatoms. The Morgan fingerprint density at radius 1 is 1.28 bits per heavy atom. The third kappa shape index (κ3) is 1.85. The number of halogens is 1. The van der Waals surface area contributed by atoms with E-state index in [1.54, 1.807) is 11.3 Å². The van der Waals surface area contributed by atoms with Gasteiger partial charge in [0.15, 0.2) is 0 Å². The van der Waals surface area contributed by atoms with Crippen molar-refractivity contribution < 1.29 is 0 Å². The maximum Gasteiger partial charge on any atom is 0.208 e. The first kappa shape index (κ1) is 10.9. The van der Waals surface area contributed by atoms with E-state index in [9.17, 15) is 0 Å². The van der Waals surface area contributed by atoms with Gasteiger partial charge in [0.05, 0.1) is 16.7 Å². The Balaban J connectivity index is 1.43. The number of anilines is 1. The van der Waals surface area contributed by atoms with Gasteiger partial charge in [-0.25, -0.2) is 0 Å². The molecule has 18 heavy (non-hydrogen) atoms. The van der Waals surface area contributed by atoms with Gasteiger partial charge in [0.25, 0.3) is 0 Å². The molecule has 0 spiro atoms. The highest BCUT2D eigenvalue weighted by Gasteiger charge is 2.33. The van der Waals surface area contributed by atoms with Crippen LogP contribution in [0.4, 0.5) is 5.13 Å². The van der Waals surface area contributed by atoms with Crippen LogP contribution in [0.2, 0.25) is 0 Å². The zero-order valence-electron chi connectivity index (χ0n) is 9.66. The minimum absolute atomic E-state index is 0.463. The fourth-order valence-corrected chi connectivity index (χ4v) is 3.48. The lowest BCUT2D eigenvalue weighted by Gasteiger charge is -2.38. The molecule has 2 aliphatic rings. The van der Waals surface area contributed by atoms with Gasteiger partial charge in [-0.2, -0.15) is 5.10 Å². The van der Waals surface area contributed by atoms with E-state index in [1.807, 2.05) is 17.1 Å². The van der Waals surface area contributed by atoms with Gasteiger partial charge in [-0.15, -0.1) is 10.2 Å². The maximum atomic E-state index is 4.32. The van der Waals surface area contributed by atoms with Gasteiger partial charge in [-0.1, -0.05) is 11.3 Å². The summed E-state index contributed by atoms with van der Waals surface area (Å²) in [6, 6.07) is 0.463. The summed E-state index contributed by atoms with van der Waals surface area (Å²) in [5.74, 6) is 0.704. The summed E-state index contributed by atoms with van der Waals surface area (Å²) >= 11 is 5.18. The molecule has 2 aromatic heterocycles. The van der Waals surface area contributed by atoms with Gasteiger partial charge in [0.1, 0.15) is 5.01 Å². The normalized spacial score (nSPS) is 20.2. The van der Waals surface area contributed by atoms with Crippen molar-refractivity contribution in [1.82, 2.24) is 20.0 Å². The van der Waals surface area contributed by atoms with E-state index in [4.69, 9.17) is 0 Å². The first-order valence-electron chi connectivity index (χ1n) is 6.07. The Bertz CT molecular complexity index is 570. The molecular formula is C11H12BrN5S. The van der Waals surface area contributed by atoms with Gasteiger partial charge >= 0.3 is 0 Å². The minimum atomic E-state index is 0.463. The summed E-state index contributed by atoms with van der Waals surface area (Å²) in [5.41, 5.74) is 0. The molecule has 2 aromatic rings. The summed E-state index contributed by atoms with van der Waals surface area (Å²) in [5, 5.41) is 15.2. The van der Waals surface area contributed by atoms with Crippen LogP contribution in [-0.4, -0.2) is 33.1 Å². The fraction of sp³-hybridized carbons (Fsp3) is 0.545. The van der Waals surface area contributed by atoms with Gasteiger partial charge in [-0.05, 0) is 28.8 Å². The van der Waals surface area contributed by atoms with Crippen molar-refractivity contribution in [2.75, 3.05) is 18.0 Å². The molecule has 1 aliphatic carbocycles. The van der Waals surface area contributed by atoms with Crippen molar-refractivity contribution >= 4 is 32.4 Å². The van der Waals surface area contributed by atoms with E-state index in [-0.39, 0.29) is 0 Å². The molecule has 1 saturated carbocycles. The smallest absolute Gasteiger partial charge is 0.208 e. The quantitative estimate of drug-likeness (QED) is 0.869. The predicted octanol–water partition coefficient (Wildman–Crippen LogP) is 2.44. The lowest BCUT2D eigenvalue weighted by atomic mass is 10.1. The Morgan fingerprint density at radius 3 is 2.78 bits per heavy atom. The molecule has 5 nitrogen and oxygen atoms in total. The third-order valence-electron chi connectivity index (χ3n) is 3.43. The molecule has 2 fully saturated rings. The molecule has 3 heterocycles. The van der Waals surface area contributed by atoms with Crippen molar-refractivity contribution in [2.45, 2.75) is 24.8 Å². The second-order valence-corrected chi connectivity index (χ2v) is 6.80. The maximum absolute atomic E-state index is 4.32. The highest BCUT2D eigenvalue weighted by Crippen LogP contribution is 2.43. The molecule has 0 aromatic carbocycles. The van der Waals surface area contributed by atoms with Crippen LogP contribution in [0.1, 0.15) is 29.8 Å². The van der Waals surface area contributed by atoms with Gasteiger partial charge in [0.2, 0.25) is 5.13 Å². The molecule has 94 valence electrons. The summed E-state index contributed by atoms with van der Waals surface area (Å²) < 4.78 is 3.05. The molecule has 0 bridgehead atoms. The van der Waals surface area contributed by atoms with Gasteiger partial charge in [-0.3, -0.25) is 4.68 Å². The van der Waals surface area contributed by atoms with Crippen LogP contribution in [0, 0.1) is 0 Å². The van der Waals surface area contributed by atoms with Gasteiger partial charge in [0, 0.05) is 25.2 Å². The summed E-state index contributed by atoms with van der Waals surface area (Å²) in [4.78, 5) is 2.28. The second-order valence-electron chi connectivity index (χ2n) is 4.89. The van der Waals surface area contributed by atoms with Crippen LogP contribution < -0.4 is 4.90 Å². The van der Waals surface area contributed by atoms with Crippen molar-refractivity contribution in [1.29, 1.82) is 0 Å². The SMILES string of the molecule is Brc1cnn(C2CN(c3nnc(C4CC4)s3)C2)c1. The molecule has 0 unspecified atom stereocenters. The summed E-state index contributed by atoms with van der Waals surface area (Å²) in [6.07, 6.45) is 6.44. The topological polar surface area (TPSA) is 46.8 Å². The zero-order chi connectivity index (χ0) is 12.1. The number of rotatable bonds is 3. The predicted molar refractivity (Wildman–Crippen MR) is 73.1 cm³/mol. The first-order valence-corrected chi connectivity index (χ1v) is 7.68. The first-order chi connectivity index (χ1) is 8.79. The molecular weight excluding hydrogens is 314 g/mol. The van der Waals surface area contributed by atoms with E-state index in [0.29, 0.717) is 12.0 Å². The average molecular weight is 326 g/mol. The fourth-order valence-electron chi connectivity index (χ4n) is 2.14. The highest BCUT2D eigenvalue weighted by atomic mass is 79.9. The van der Waals surface area contributed by atoms with E-state index >= 15 is 0 Å². The number of nitrogens with zero attached hydrogens (tertiary/aromatic N) is 5. The van der Waals surface area contributed by atoms with Crippen molar-refractivity contribution in [3.05, 3.63) is 21.9 Å². The van der Waals surface area contributed by atoms with Crippen LogP contribution in [0.3, 0.4) is 0 Å². The summed E-state index contributed by atoms with van der Waals surface area (Å²) in [6.45, 7) is 1.96. The van der Waals surface area contributed by atoms with Crippen LogP contribution in [0.15, 0.2) is 16.9 Å². The van der Waals surface area contributed by atoms with Crippen molar-refractivity contribution in [2.24, 2.45) is 0 Å². The highest BCUT2D eigenvalue weighted by molar-refractivity contribution is 9.10. The van der Waals surface area contributed by atoms with Crippen LogP contribution >= 0.6 is 27.3 Å². The van der Waals surface area contributed by atoms with E-state index < -0.39 is 0 Å². The van der Waals surface area contributed by atoms with Gasteiger partial charge < -0.3 is 4.90 Å². The monoisotopic (exact) mass is 325 g/mol. The van der Waals surface area contributed by atoms with Crippen molar-refractivity contribution in [3.8, 4) is 0 Å². The number of aromatic nitrogens is 4. The number of hydrogen-bond donors (Lipinski definition) is 0. The van der Waals surface area contributed by atoms with Crippen LogP contribution in [0.25, 0.3) is 0 Å². The summed E-state index contributed by atoms with van der Waals surface area (Å²) in [7, 11) is 0. The average Bonchev–Trinajstić information content (AvgIpc) is 2.89. The van der Waals surface area contributed by atoms with E-state index in [0.717, 1.165) is 22.7 Å². The zero-order valence-corrected chi connectivity index (χ0v) is 12.1. The molecule has 0 atom stereocenters. The van der Waals surface area contributed by atoms with E-state index in [2.05, 4.69) is 36.1 Å². The number of hydrogen-bond acceptors (Lipinski definition) is 5. The molecule has 0 radical (unpaired) electrons. The molecule has 0 N–H and O–H groups in total. The largest absolute Gasteiger partial charge is 0.342 e. The molecule has 4 rings (SSSR count). The molecule has 1 saturated heterocycles. The van der Waals surface area contributed by atoms with E-state index in [1.165, 1.54) is 17.8 Å². The minimum Gasteiger partial charge on any atom is -0.342 e. The van der Waals surface area contributed by atoms with Crippen LogP contribution in [0.5, 0.6) is 0 Å². The van der Waals surface area contributed by atoms with Crippen LogP contribution in [-0.2, 0) is 0 Å². The van der Waals surface area contributed by atoms with Crippen molar-refractivity contribution in [3.63, 3.8) is 0 Å². The Kier molecular flexibility index (Phi) is 2.44. The molecule has 0 amide bonds. The molecule has 1 aliphatic heterocycles. The standard InChI is InChI=1S/C11H12BrN5S/c12-8-3-13-17(4-8)9-5-16(6-9)11-15-14-10(18-11)7-1-2-7/h3-4,7,9H,1-2,5-6H2. The lowest BCUT2D eigenvalue weighted by molar-refractivity contribution is 0.367. The lowest BCUT2D eigenvalue weighted by Crippen LogP contribution is -2.48. The Hall–Kier alpha value is -0.950.